The lowest BCUT2D eigenvalue weighted by Gasteiger charge is -2.22. The predicted molar refractivity (Wildman–Crippen MR) is 91.1 cm³/mol. The highest BCUT2D eigenvalue weighted by atomic mass is 16.3. The molecule has 0 fully saturated rings. The number of benzene rings is 2. The van der Waals surface area contributed by atoms with E-state index in [1.807, 2.05) is 12.1 Å². The van der Waals surface area contributed by atoms with Gasteiger partial charge in [0.2, 0.25) is 5.91 Å². The standard InChI is InChI=1S/C19H18N2O3/c1-13-15-8-4-5-9-16(15)19(24)21(13)12-18(23)20(2)11-14-7-3-6-10-17(14)22/h3-10,22H,1,11-12H2,2H3. The molecule has 0 radical (unpaired) electrons. The molecule has 1 aliphatic heterocycles. The zero-order chi connectivity index (χ0) is 17.3. The van der Waals surface area contributed by atoms with E-state index in [1.54, 1.807) is 43.4 Å². The number of nitrogens with zero attached hydrogens (tertiary/aromatic N) is 2. The van der Waals surface area contributed by atoms with Gasteiger partial charge >= 0.3 is 0 Å². The topological polar surface area (TPSA) is 60.9 Å². The number of hydrogen-bond donors (Lipinski definition) is 1. The number of hydrogen-bond acceptors (Lipinski definition) is 3. The van der Waals surface area contributed by atoms with Crippen molar-refractivity contribution in [3.63, 3.8) is 0 Å². The lowest BCUT2D eigenvalue weighted by molar-refractivity contribution is -0.130. The van der Waals surface area contributed by atoms with Crippen LogP contribution >= 0.6 is 0 Å². The van der Waals surface area contributed by atoms with Gasteiger partial charge in [0.25, 0.3) is 5.91 Å². The maximum absolute atomic E-state index is 12.5. The molecule has 0 aromatic heterocycles. The molecule has 1 N–H and O–H groups in total. The Balaban J connectivity index is 1.70. The van der Waals surface area contributed by atoms with Crippen molar-refractivity contribution in [1.82, 2.24) is 9.80 Å². The van der Waals surface area contributed by atoms with E-state index in [-0.39, 0.29) is 30.7 Å². The fraction of sp³-hybridized carbons (Fsp3) is 0.158. The first-order valence-electron chi connectivity index (χ1n) is 7.60. The number of carbonyl (C=O) groups is 2. The fourth-order valence-corrected chi connectivity index (χ4v) is 2.75. The average Bonchev–Trinajstić information content (AvgIpc) is 2.82. The highest BCUT2D eigenvalue weighted by molar-refractivity contribution is 6.10. The second-order valence-corrected chi connectivity index (χ2v) is 5.76. The summed E-state index contributed by atoms with van der Waals surface area (Å²) in [6.45, 7) is 4.13. The molecule has 24 heavy (non-hydrogen) atoms. The van der Waals surface area contributed by atoms with Crippen molar-refractivity contribution < 1.29 is 14.7 Å². The van der Waals surface area contributed by atoms with E-state index < -0.39 is 0 Å². The minimum Gasteiger partial charge on any atom is -0.508 e. The predicted octanol–water partition coefficient (Wildman–Crippen LogP) is 2.48. The molecule has 1 aliphatic rings. The Kier molecular flexibility index (Phi) is 4.08. The molecule has 5 heteroatoms. The van der Waals surface area contributed by atoms with Crippen LogP contribution in [-0.2, 0) is 11.3 Å². The van der Waals surface area contributed by atoms with Gasteiger partial charge in [-0.15, -0.1) is 0 Å². The van der Waals surface area contributed by atoms with Gasteiger partial charge in [-0.2, -0.15) is 0 Å². The summed E-state index contributed by atoms with van der Waals surface area (Å²) in [4.78, 5) is 27.8. The average molecular weight is 322 g/mol. The molecule has 0 unspecified atom stereocenters. The molecule has 1 heterocycles. The van der Waals surface area contributed by atoms with Crippen LogP contribution in [0.1, 0.15) is 21.5 Å². The second-order valence-electron chi connectivity index (χ2n) is 5.76. The maximum atomic E-state index is 12.5. The van der Waals surface area contributed by atoms with E-state index in [9.17, 15) is 14.7 Å². The summed E-state index contributed by atoms with van der Waals surface area (Å²) in [5, 5.41) is 9.81. The van der Waals surface area contributed by atoms with Gasteiger partial charge in [0.1, 0.15) is 12.3 Å². The molecule has 2 aromatic carbocycles. The monoisotopic (exact) mass is 322 g/mol. The Hall–Kier alpha value is -3.08. The third kappa shape index (κ3) is 2.76. The van der Waals surface area contributed by atoms with Crippen molar-refractivity contribution in [2.75, 3.05) is 13.6 Å². The number of phenols is 1. The number of carbonyl (C=O) groups excluding carboxylic acids is 2. The molecule has 0 bridgehead atoms. The van der Waals surface area contributed by atoms with Crippen molar-refractivity contribution in [2.45, 2.75) is 6.54 Å². The number of likely N-dealkylation sites (N-methyl/N-ethyl adjacent to an activating group) is 1. The van der Waals surface area contributed by atoms with Crippen LogP contribution in [0.5, 0.6) is 5.75 Å². The Morgan fingerprint density at radius 2 is 1.75 bits per heavy atom. The highest BCUT2D eigenvalue weighted by Crippen LogP contribution is 2.31. The molecule has 0 aliphatic carbocycles. The number of fused-ring (bicyclic) bond motifs is 1. The Bertz CT molecular complexity index is 794. The molecule has 5 nitrogen and oxygen atoms in total. The molecular formula is C19H18N2O3. The lowest BCUT2D eigenvalue weighted by Crippen LogP contribution is -2.37. The molecular weight excluding hydrogens is 304 g/mol. The van der Waals surface area contributed by atoms with E-state index in [2.05, 4.69) is 6.58 Å². The molecule has 0 saturated heterocycles. The first-order valence-corrected chi connectivity index (χ1v) is 7.60. The summed E-state index contributed by atoms with van der Waals surface area (Å²) >= 11 is 0. The van der Waals surface area contributed by atoms with Crippen LogP contribution in [0.15, 0.2) is 55.1 Å². The second kappa shape index (κ2) is 6.20. The third-order valence-corrected chi connectivity index (χ3v) is 4.16. The summed E-state index contributed by atoms with van der Waals surface area (Å²) in [7, 11) is 1.64. The molecule has 122 valence electrons. The van der Waals surface area contributed by atoms with Gasteiger partial charge in [0.05, 0.1) is 0 Å². The van der Waals surface area contributed by atoms with Crippen molar-refractivity contribution >= 4 is 17.5 Å². The van der Waals surface area contributed by atoms with E-state index >= 15 is 0 Å². The van der Waals surface area contributed by atoms with Gasteiger partial charge in [-0.25, -0.2) is 0 Å². The number of aromatic hydroxyl groups is 1. The number of amides is 2. The summed E-state index contributed by atoms with van der Waals surface area (Å²) in [5.74, 6) is -0.285. The molecule has 2 amide bonds. The van der Waals surface area contributed by atoms with E-state index in [0.717, 1.165) is 5.56 Å². The molecule has 2 aromatic rings. The summed E-state index contributed by atoms with van der Waals surface area (Å²) < 4.78 is 0. The Morgan fingerprint density at radius 3 is 2.42 bits per heavy atom. The van der Waals surface area contributed by atoms with Gasteiger partial charge in [-0.3, -0.25) is 14.5 Å². The van der Waals surface area contributed by atoms with Crippen LogP contribution in [0.4, 0.5) is 0 Å². The molecule has 0 spiro atoms. The zero-order valence-corrected chi connectivity index (χ0v) is 13.4. The maximum Gasteiger partial charge on any atom is 0.259 e. The van der Waals surface area contributed by atoms with Gasteiger partial charge < -0.3 is 10.0 Å². The van der Waals surface area contributed by atoms with Crippen LogP contribution in [-0.4, -0.2) is 40.3 Å². The largest absolute Gasteiger partial charge is 0.508 e. The van der Waals surface area contributed by atoms with Crippen LogP contribution in [0, 0.1) is 0 Å². The van der Waals surface area contributed by atoms with Crippen LogP contribution in [0.2, 0.25) is 0 Å². The van der Waals surface area contributed by atoms with Gasteiger partial charge in [-0.1, -0.05) is 43.0 Å². The summed E-state index contributed by atoms with van der Waals surface area (Å²) in [6, 6.07) is 14.1. The quantitative estimate of drug-likeness (QED) is 0.941. The third-order valence-electron chi connectivity index (χ3n) is 4.16. The first-order chi connectivity index (χ1) is 11.5. The minimum absolute atomic E-state index is 0.0730. The summed E-state index contributed by atoms with van der Waals surface area (Å²) in [5.41, 5.74) is 2.53. The van der Waals surface area contributed by atoms with Crippen LogP contribution in [0.3, 0.4) is 0 Å². The first kappa shape index (κ1) is 15.8. The van der Waals surface area contributed by atoms with Gasteiger partial charge in [0, 0.05) is 36.0 Å². The number of phenolic OH excluding ortho intramolecular Hbond substituents is 1. The SMILES string of the molecule is C=C1c2ccccc2C(=O)N1CC(=O)N(C)Cc1ccccc1O. The van der Waals surface area contributed by atoms with E-state index in [0.29, 0.717) is 16.8 Å². The Labute approximate surface area is 140 Å². The van der Waals surface area contributed by atoms with Gasteiger partial charge in [-0.05, 0) is 12.1 Å². The Morgan fingerprint density at radius 1 is 1.12 bits per heavy atom. The molecule has 0 atom stereocenters. The smallest absolute Gasteiger partial charge is 0.259 e. The van der Waals surface area contributed by atoms with Crippen molar-refractivity contribution in [2.24, 2.45) is 0 Å². The van der Waals surface area contributed by atoms with Crippen molar-refractivity contribution in [3.8, 4) is 5.75 Å². The van der Waals surface area contributed by atoms with Crippen molar-refractivity contribution in [3.05, 3.63) is 71.8 Å². The fourth-order valence-electron chi connectivity index (χ4n) is 2.75. The minimum atomic E-state index is -0.222. The number of rotatable bonds is 4. The van der Waals surface area contributed by atoms with E-state index in [1.165, 1.54) is 9.80 Å². The van der Waals surface area contributed by atoms with Gasteiger partial charge in [0.15, 0.2) is 0 Å². The van der Waals surface area contributed by atoms with Crippen LogP contribution < -0.4 is 0 Å². The van der Waals surface area contributed by atoms with Crippen molar-refractivity contribution in [1.29, 1.82) is 0 Å². The van der Waals surface area contributed by atoms with E-state index in [4.69, 9.17) is 0 Å². The summed E-state index contributed by atoms with van der Waals surface area (Å²) in [6.07, 6.45) is 0. The molecule has 3 rings (SSSR count). The zero-order valence-electron chi connectivity index (χ0n) is 13.4. The highest BCUT2D eigenvalue weighted by Gasteiger charge is 2.32. The number of para-hydroxylation sites is 1. The molecule has 0 saturated carbocycles. The normalized spacial score (nSPS) is 13.1. The lowest BCUT2D eigenvalue weighted by atomic mass is 10.1. The van der Waals surface area contributed by atoms with Crippen LogP contribution in [0.25, 0.3) is 5.70 Å².